The average Bonchev–Trinajstić information content (AvgIpc) is 2.46. The second-order valence-corrected chi connectivity index (χ2v) is 5.85. The van der Waals surface area contributed by atoms with Crippen molar-refractivity contribution < 1.29 is 23.9 Å². The third-order valence-corrected chi connectivity index (χ3v) is 3.95. The summed E-state index contributed by atoms with van der Waals surface area (Å²) in [5.41, 5.74) is -0.470. The van der Waals surface area contributed by atoms with Crippen LogP contribution in [0.1, 0.15) is 20.7 Å². The van der Waals surface area contributed by atoms with E-state index in [0.29, 0.717) is 0 Å². The number of esters is 2. The highest BCUT2D eigenvalue weighted by Gasteiger charge is 2.24. The number of rotatable bonds is 2. The van der Waals surface area contributed by atoms with Crippen LogP contribution in [0.15, 0.2) is 36.4 Å². The molecular formula is C15H6Cl4O5. The Morgan fingerprint density at radius 2 is 0.917 bits per heavy atom. The van der Waals surface area contributed by atoms with Gasteiger partial charge in [-0.15, -0.1) is 0 Å². The molecule has 2 aromatic rings. The van der Waals surface area contributed by atoms with Crippen molar-refractivity contribution in [1.29, 1.82) is 0 Å². The lowest BCUT2D eigenvalue weighted by Gasteiger charge is -2.07. The highest BCUT2D eigenvalue weighted by atomic mass is 35.5. The van der Waals surface area contributed by atoms with E-state index >= 15 is 0 Å². The van der Waals surface area contributed by atoms with Gasteiger partial charge in [0.2, 0.25) is 0 Å². The van der Waals surface area contributed by atoms with Crippen LogP contribution in [0.4, 0.5) is 4.79 Å². The summed E-state index contributed by atoms with van der Waals surface area (Å²) in [6, 6.07) is 8.52. The standard InChI is InChI=1S/C15H6Cl4O5/c16-7-3-1-4-8(17)11(7)13(20)23-15(22)24-14(21)12-9(18)5-2-6-10(12)19/h1-6H. The summed E-state index contributed by atoms with van der Waals surface area (Å²) in [7, 11) is 0. The normalized spacial score (nSPS) is 10.2. The first-order valence-electron chi connectivity index (χ1n) is 6.17. The van der Waals surface area contributed by atoms with Crippen LogP contribution in [0.5, 0.6) is 0 Å². The Balaban J connectivity index is 2.11. The summed E-state index contributed by atoms with van der Waals surface area (Å²) in [5.74, 6) is -2.35. The van der Waals surface area contributed by atoms with Gasteiger partial charge in [0, 0.05) is 0 Å². The molecule has 124 valence electrons. The van der Waals surface area contributed by atoms with Gasteiger partial charge in [0.25, 0.3) is 0 Å². The maximum atomic E-state index is 11.9. The SMILES string of the molecule is O=C(OC(=O)c1c(Cl)cccc1Cl)OC(=O)c1c(Cl)cccc1Cl. The van der Waals surface area contributed by atoms with Crippen molar-refractivity contribution in [2.75, 3.05) is 0 Å². The number of halogens is 4. The molecule has 0 heterocycles. The van der Waals surface area contributed by atoms with E-state index in [1.165, 1.54) is 36.4 Å². The van der Waals surface area contributed by atoms with Crippen molar-refractivity contribution >= 4 is 64.5 Å². The smallest absolute Gasteiger partial charge is 0.356 e. The summed E-state index contributed by atoms with van der Waals surface area (Å²) in [6.45, 7) is 0. The van der Waals surface area contributed by atoms with Crippen LogP contribution in [0.2, 0.25) is 20.1 Å². The number of hydrogen-bond donors (Lipinski definition) is 0. The van der Waals surface area contributed by atoms with Crippen LogP contribution in [0, 0.1) is 0 Å². The minimum Gasteiger partial charge on any atom is -0.356 e. The molecule has 0 aromatic heterocycles. The predicted molar refractivity (Wildman–Crippen MR) is 89.2 cm³/mol. The van der Waals surface area contributed by atoms with E-state index in [1.807, 2.05) is 0 Å². The van der Waals surface area contributed by atoms with Crippen LogP contribution >= 0.6 is 46.4 Å². The highest BCUT2D eigenvalue weighted by molar-refractivity contribution is 6.40. The lowest BCUT2D eigenvalue weighted by atomic mass is 10.2. The minimum absolute atomic E-state index is 0.0271. The van der Waals surface area contributed by atoms with E-state index in [4.69, 9.17) is 46.4 Å². The van der Waals surface area contributed by atoms with Crippen molar-refractivity contribution in [3.8, 4) is 0 Å². The summed E-state index contributed by atoms with van der Waals surface area (Å²) in [5, 5.41) is -0.108. The molecule has 2 aromatic carbocycles. The first-order chi connectivity index (χ1) is 11.3. The average molecular weight is 408 g/mol. The molecule has 0 aliphatic heterocycles. The predicted octanol–water partition coefficient (Wildman–Crippen LogP) is 5.43. The Morgan fingerprint density at radius 1 is 0.625 bits per heavy atom. The molecular weight excluding hydrogens is 402 g/mol. The van der Waals surface area contributed by atoms with Crippen molar-refractivity contribution in [2.45, 2.75) is 0 Å². The van der Waals surface area contributed by atoms with Gasteiger partial charge in [-0.25, -0.2) is 14.4 Å². The summed E-state index contributed by atoms with van der Waals surface area (Å²) >= 11 is 23.2. The van der Waals surface area contributed by atoms with Crippen molar-refractivity contribution in [1.82, 2.24) is 0 Å². The molecule has 0 bridgehead atoms. The zero-order valence-corrected chi connectivity index (χ0v) is 14.5. The molecule has 0 unspecified atom stereocenters. The van der Waals surface area contributed by atoms with E-state index < -0.39 is 18.1 Å². The first kappa shape index (κ1) is 18.5. The number of carbonyl (C=O) groups excluding carboxylic acids is 3. The van der Waals surface area contributed by atoms with Gasteiger partial charge in [-0.2, -0.15) is 0 Å². The lowest BCUT2D eigenvalue weighted by molar-refractivity contribution is 0.0338. The summed E-state index contributed by atoms with van der Waals surface area (Å²) < 4.78 is 8.79. The van der Waals surface area contributed by atoms with Crippen LogP contribution in [-0.4, -0.2) is 18.1 Å². The zero-order valence-electron chi connectivity index (χ0n) is 11.5. The number of ether oxygens (including phenoxy) is 2. The first-order valence-corrected chi connectivity index (χ1v) is 7.68. The highest BCUT2D eigenvalue weighted by Crippen LogP contribution is 2.26. The van der Waals surface area contributed by atoms with Crippen LogP contribution in [-0.2, 0) is 9.47 Å². The second-order valence-electron chi connectivity index (χ2n) is 4.22. The Bertz CT molecular complexity index is 727. The molecule has 0 aliphatic rings. The molecule has 5 nitrogen and oxygen atoms in total. The molecule has 0 aliphatic carbocycles. The fourth-order valence-electron chi connectivity index (χ4n) is 1.66. The Hall–Kier alpha value is -1.79. The molecule has 0 saturated heterocycles. The van der Waals surface area contributed by atoms with Crippen LogP contribution < -0.4 is 0 Å². The third kappa shape index (κ3) is 4.19. The third-order valence-electron chi connectivity index (χ3n) is 2.69. The number of benzene rings is 2. The molecule has 24 heavy (non-hydrogen) atoms. The van der Waals surface area contributed by atoms with Gasteiger partial charge >= 0.3 is 18.1 Å². The summed E-state index contributed by atoms with van der Waals surface area (Å²) in [4.78, 5) is 35.4. The largest absolute Gasteiger partial charge is 0.524 e. The van der Waals surface area contributed by atoms with Crippen molar-refractivity contribution in [3.63, 3.8) is 0 Å². The lowest BCUT2D eigenvalue weighted by Crippen LogP contribution is -2.19. The minimum atomic E-state index is -1.57. The van der Waals surface area contributed by atoms with Gasteiger partial charge in [0.1, 0.15) is 0 Å². The van der Waals surface area contributed by atoms with Crippen LogP contribution in [0.3, 0.4) is 0 Å². The van der Waals surface area contributed by atoms with Crippen molar-refractivity contribution in [2.24, 2.45) is 0 Å². The molecule has 0 saturated carbocycles. The number of hydrogen-bond acceptors (Lipinski definition) is 5. The summed E-state index contributed by atoms with van der Waals surface area (Å²) in [6.07, 6.45) is -1.57. The van der Waals surface area contributed by atoms with Gasteiger partial charge in [0.05, 0.1) is 31.2 Å². The molecule has 0 radical (unpaired) electrons. The molecule has 9 heteroatoms. The van der Waals surface area contributed by atoms with Gasteiger partial charge in [0.15, 0.2) is 0 Å². The van der Waals surface area contributed by atoms with E-state index in [0.717, 1.165) is 0 Å². The molecule has 0 atom stereocenters. The van der Waals surface area contributed by atoms with E-state index in [2.05, 4.69) is 9.47 Å². The quantitative estimate of drug-likeness (QED) is 0.490. The molecule has 0 N–H and O–H groups in total. The van der Waals surface area contributed by atoms with Gasteiger partial charge < -0.3 is 9.47 Å². The number of carbonyl (C=O) groups is 3. The topological polar surface area (TPSA) is 69.7 Å². The van der Waals surface area contributed by atoms with E-state index in [1.54, 1.807) is 0 Å². The molecule has 0 amide bonds. The fraction of sp³-hybridized carbons (Fsp3) is 0. The Kier molecular flexibility index (Phi) is 6.07. The van der Waals surface area contributed by atoms with Crippen LogP contribution in [0.25, 0.3) is 0 Å². The van der Waals surface area contributed by atoms with Gasteiger partial charge in [-0.05, 0) is 24.3 Å². The van der Waals surface area contributed by atoms with Crippen molar-refractivity contribution in [3.05, 3.63) is 67.6 Å². The maximum absolute atomic E-state index is 11.9. The van der Waals surface area contributed by atoms with E-state index in [9.17, 15) is 14.4 Å². The Labute approximate surface area is 156 Å². The second kappa shape index (κ2) is 7.85. The monoisotopic (exact) mass is 406 g/mol. The molecule has 2 rings (SSSR count). The Morgan fingerprint density at radius 3 is 1.21 bits per heavy atom. The zero-order chi connectivity index (χ0) is 17.9. The van der Waals surface area contributed by atoms with Gasteiger partial charge in [-0.1, -0.05) is 58.5 Å². The maximum Gasteiger partial charge on any atom is 0.524 e. The van der Waals surface area contributed by atoms with E-state index in [-0.39, 0.29) is 31.2 Å². The fourth-order valence-corrected chi connectivity index (χ4v) is 2.76. The molecule has 0 fully saturated rings. The van der Waals surface area contributed by atoms with Gasteiger partial charge in [-0.3, -0.25) is 0 Å². The molecule has 0 spiro atoms.